The normalized spacial score (nSPS) is 30.3. The molecule has 11 heavy (non-hydrogen) atoms. The van der Waals surface area contributed by atoms with E-state index < -0.39 is 0 Å². The minimum Gasteiger partial charge on any atom is -0.381 e. The molecule has 0 bridgehead atoms. The predicted octanol–water partition coefficient (Wildman–Crippen LogP) is 2.31. The lowest BCUT2D eigenvalue weighted by Gasteiger charge is -2.48. The molecule has 0 unspecified atom stereocenters. The van der Waals surface area contributed by atoms with Crippen LogP contribution in [0.5, 0.6) is 0 Å². The predicted molar refractivity (Wildman–Crippen MR) is 50.6 cm³/mol. The van der Waals surface area contributed by atoms with Crippen molar-refractivity contribution in [2.24, 2.45) is 5.41 Å². The topological polar surface area (TPSA) is 18.5 Å². The lowest BCUT2D eigenvalue weighted by atomic mass is 9.62. The number of rotatable bonds is 1. The van der Waals surface area contributed by atoms with Gasteiger partial charge in [-0.2, -0.15) is 0 Å². The van der Waals surface area contributed by atoms with Crippen molar-refractivity contribution in [3.8, 4) is 0 Å². The zero-order chi connectivity index (χ0) is 7.73. The van der Waals surface area contributed by atoms with E-state index in [1.54, 1.807) is 0 Å². The second-order valence-electron chi connectivity index (χ2n) is 3.73. The molecule has 0 radical (unpaired) electrons. The summed E-state index contributed by atoms with van der Waals surface area (Å²) in [6.45, 7) is 1.93. The Morgan fingerprint density at radius 2 is 1.91 bits per heavy atom. The van der Waals surface area contributed by atoms with Gasteiger partial charge in [0.2, 0.25) is 0 Å². The van der Waals surface area contributed by atoms with Crippen LogP contribution in [0.3, 0.4) is 0 Å². The molecule has 2 nitrogen and oxygen atoms in total. The molecule has 1 spiro atoms. The summed E-state index contributed by atoms with van der Waals surface area (Å²) in [5.74, 6) is 0. The maximum Gasteiger partial charge on any atom is 0.110 e. The van der Waals surface area contributed by atoms with E-state index in [0.717, 1.165) is 13.2 Å². The van der Waals surface area contributed by atoms with Crippen molar-refractivity contribution in [1.29, 1.82) is 0 Å². The van der Waals surface area contributed by atoms with Crippen LogP contribution in [-0.2, 0) is 7.80 Å². The molecule has 3 heteroatoms. The molecule has 64 valence electrons. The highest BCUT2D eigenvalue weighted by molar-refractivity contribution is 14.1. The summed E-state index contributed by atoms with van der Waals surface area (Å²) in [6, 6.07) is 0. The quantitative estimate of drug-likeness (QED) is 0.679. The highest BCUT2D eigenvalue weighted by Gasteiger charge is 2.45. The molecule has 0 aromatic heterocycles. The van der Waals surface area contributed by atoms with Crippen LogP contribution in [0.15, 0.2) is 0 Å². The minimum atomic E-state index is 0.536. The Balaban J connectivity index is 1.84. The molecule has 2 fully saturated rings. The van der Waals surface area contributed by atoms with Crippen LogP contribution in [0.25, 0.3) is 0 Å². The monoisotopic (exact) mass is 268 g/mol. The molecule has 2 aliphatic rings. The van der Waals surface area contributed by atoms with E-state index in [0.29, 0.717) is 11.5 Å². The van der Waals surface area contributed by atoms with Gasteiger partial charge in [-0.25, -0.2) is 0 Å². The third-order valence-corrected chi connectivity index (χ3v) is 3.72. The van der Waals surface area contributed by atoms with E-state index in [2.05, 4.69) is 0 Å². The molecule has 0 aromatic carbocycles. The Bertz CT molecular complexity index is 135. The number of hydrogen-bond donors (Lipinski definition) is 0. The average molecular weight is 268 g/mol. The maximum absolute atomic E-state index is 5.33. The lowest BCUT2D eigenvalue weighted by molar-refractivity contribution is -0.0745. The lowest BCUT2D eigenvalue weighted by Crippen LogP contribution is -2.44. The Morgan fingerprint density at radius 1 is 1.27 bits per heavy atom. The van der Waals surface area contributed by atoms with Crippen LogP contribution in [0.1, 0.15) is 25.7 Å². The third kappa shape index (κ3) is 1.55. The molecule has 1 saturated heterocycles. The first-order valence-corrected chi connectivity index (χ1v) is 5.08. The zero-order valence-corrected chi connectivity index (χ0v) is 8.67. The first-order chi connectivity index (χ1) is 5.35. The maximum atomic E-state index is 5.33. The van der Waals surface area contributed by atoms with Crippen molar-refractivity contribution < 1.29 is 7.80 Å². The van der Waals surface area contributed by atoms with Gasteiger partial charge in [-0.15, -0.1) is 0 Å². The summed E-state index contributed by atoms with van der Waals surface area (Å²) in [5, 5.41) is 0. The van der Waals surface area contributed by atoms with E-state index in [1.165, 1.54) is 25.7 Å². The van der Waals surface area contributed by atoms with Gasteiger partial charge >= 0.3 is 0 Å². The first kappa shape index (κ1) is 8.26. The van der Waals surface area contributed by atoms with Gasteiger partial charge in [0.25, 0.3) is 0 Å². The van der Waals surface area contributed by atoms with Crippen molar-refractivity contribution >= 4 is 23.0 Å². The van der Waals surface area contributed by atoms with E-state index >= 15 is 0 Å². The van der Waals surface area contributed by atoms with E-state index in [4.69, 9.17) is 7.80 Å². The summed E-state index contributed by atoms with van der Waals surface area (Å²) < 4.78 is 10.6. The van der Waals surface area contributed by atoms with Gasteiger partial charge in [-0.3, -0.25) is 0 Å². The van der Waals surface area contributed by atoms with Crippen molar-refractivity contribution in [3.63, 3.8) is 0 Å². The Morgan fingerprint density at radius 3 is 2.45 bits per heavy atom. The molecule has 0 aromatic rings. The van der Waals surface area contributed by atoms with Gasteiger partial charge in [0.15, 0.2) is 0 Å². The molecule has 1 aliphatic carbocycles. The van der Waals surface area contributed by atoms with Crippen molar-refractivity contribution in [2.75, 3.05) is 13.2 Å². The van der Waals surface area contributed by atoms with Gasteiger partial charge in [0.05, 0.1) is 6.10 Å². The van der Waals surface area contributed by atoms with Crippen LogP contribution in [0, 0.1) is 5.41 Å². The molecule has 0 amide bonds. The van der Waals surface area contributed by atoms with Gasteiger partial charge in [0, 0.05) is 13.2 Å². The minimum absolute atomic E-state index is 0.536. The highest BCUT2D eigenvalue weighted by atomic mass is 127. The Kier molecular flexibility index (Phi) is 2.39. The summed E-state index contributed by atoms with van der Waals surface area (Å²) >= 11 is 2.01. The second kappa shape index (κ2) is 3.18. The summed E-state index contributed by atoms with van der Waals surface area (Å²) in [4.78, 5) is 0. The zero-order valence-electron chi connectivity index (χ0n) is 6.51. The summed E-state index contributed by atoms with van der Waals surface area (Å²) in [5.41, 5.74) is 0.619. The van der Waals surface area contributed by atoms with Crippen LogP contribution in [0.4, 0.5) is 0 Å². The molecular weight excluding hydrogens is 255 g/mol. The second-order valence-corrected chi connectivity index (χ2v) is 4.24. The largest absolute Gasteiger partial charge is 0.381 e. The van der Waals surface area contributed by atoms with Crippen LogP contribution in [0.2, 0.25) is 0 Å². The molecule has 1 saturated carbocycles. The van der Waals surface area contributed by atoms with Gasteiger partial charge in [-0.1, -0.05) is 0 Å². The van der Waals surface area contributed by atoms with E-state index in [-0.39, 0.29) is 0 Å². The fraction of sp³-hybridized carbons (Fsp3) is 1.00. The van der Waals surface area contributed by atoms with Crippen molar-refractivity contribution in [3.05, 3.63) is 0 Å². The molecule has 2 rings (SSSR count). The molecule has 1 heterocycles. The van der Waals surface area contributed by atoms with Crippen LogP contribution in [-0.4, -0.2) is 19.3 Å². The number of hydrogen-bond acceptors (Lipinski definition) is 2. The summed E-state index contributed by atoms with van der Waals surface area (Å²) in [7, 11) is 0. The van der Waals surface area contributed by atoms with Gasteiger partial charge < -0.3 is 7.80 Å². The van der Waals surface area contributed by atoms with Crippen molar-refractivity contribution in [2.45, 2.75) is 31.8 Å². The Hall–Kier alpha value is 0.650. The molecule has 0 N–H and O–H groups in total. The smallest absolute Gasteiger partial charge is 0.110 e. The standard InChI is InChI=1S/C8H13IO2/c9-11-7-5-8(6-7)1-3-10-4-2-8/h7H,1-6H2. The molecular formula is C8H13IO2. The number of halogens is 1. The van der Waals surface area contributed by atoms with Crippen LogP contribution >= 0.6 is 23.0 Å². The van der Waals surface area contributed by atoms with Crippen LogP contribution < -0.4 is 0 Å². The van der Waals surface area contributed by atoms with E-state index in [9.17, 15) is 0 Å². The van der Waals surface area contributed by atoms with Gasteiger partial charge in [0.1, 0.15) is 23.0 Å². The fourth-order valence-corrected chi connectivity index (χ4v) is 2.54. The third-order valence-electron chi connectivity index (χ3n) is 3.00. The SMILES string of the molecule is IOC1CC2(CCOCC2)C1. The summed E-state index contributed by atoms with van der Waals surface area (Å²) in [6.07, 6.45) is 5.57. The Labute approximate surface area is 81.3 Å². The van der Waals surface area contributed by atoms with Crippen molar-refractivity contribution in [1.82, 2.24) is 0 Å². The average Bonchev–Trinajstić information content (AvgIpc) is 2.01. The fourth-order valence-electron chi connectivity index (χ4n) is 2.18. The van der Waals surface area contributed by atoms with Gasteiger partial charge in [-0.05, 0) is 31.1 Å². The molecule has 1 aliphatic heterocycles. The highest BCUT2D eigenvalue weighted by Crippen LogP contribution is 2.50. The number of ether oxygens (including phenoxy) is 1. The van der Waals surface area contributed by atoms with E-state index in [1.807, 2.05) is 23.0 Å². The first-order valence-electron chi connectivity index (χ1n) is 4.20. The molecule has 0 atom stereocenters.